The first-order valence-electron chi connectivity index (χ1n) is 8.92. The van der Waals surface area contributed by atoms with Gasteiger partial charge in [0, 0.05) is 16.7 Å². The SMILES string of the molecule is C/C(=N\c1c(-c2ccccc2)ccc2ccccc12)c1ccc(C)cc1. The first kappa shape index (κ1) is 16.3. The molecule has 0 aliphatic heterocycles. The molecule has 0 radical (unpaired) electrons. The molecular formula is C25H21N. The van der Waals surface area contributed by atoms with Crippen LogP contribution in [0.5, 0.6) is 0 Å². The molecule has 0 spiro atoms. The summed E-state index contributed by atoms with van der Waals surface area (Å²) in [6.07, 6.45) is 0. The fourth-order valence-electron chi connectivity index (χ4n) is 3.25. The normalized spacial score (nSPS) is 11.7. The average molecular weight is 335 g/mol. The minimum atomic E-state index is 1.03. The molecule has 0 N–H and O–H groups in total. The topological polar surface area (TPSA) is 12.4 Å². The summed E-state index contributed by atoms with van der Waals surface area (Å²) in [4.78, 5) is 5.08. The summed E-state index contributed by atoms with van der Waals surface area (Å²) in [6, 6.07) is 31.8. The molecule has 1 nitrogen and oxygen atoms in total. The number of hydrogen-bond acceptors (Lipinski definition) is 1. The van der Waals surface area contributed by atoms with E-state index in [0.29, 0.717) is 0 Å². The molecule has 0 saturated carbocycles. The van der Waals surface area contributed by atoms with Crippen LogP contribution in [0.4, 0.5) is 5.69 Å². The predicted octanol–water partition coefficient (Wildman–Crippen LogP) is 6.96. The maximum absolute atomic E-state index is 5.08. The fourth-order valence-corrected chi connectivity index (χ4v) is 3.25. The summed E-state index contributed by atoms with van der Waals surface area (Å²) in [5, 5.41) is 2.39. The Kier molecular flexibility index (Phi) is 4.37. The minimum Gasteiger partial charge on any atom is -0.252 e. The summed E-state index contributed by atoms with van der Waals surface area (Å²) in [7, 11) is 0. The van der Waals surface area contributed by atoms with Gasteiger partial charge in [-0.05, 0) is 30.4 Å². The average Bonchev–Trinajstić information content (AvgIpc) is 2.69. The molecule has 1 heteroatoms. The molecule has 4 rings (SSSR count). The maximum Gasteiger partial charge on any atom is 0.0789 e. The lowest BCUT2D eigenvalue weighted by molar-refractivity contribution is 1.44. The van der Waals surface area contributed by atoms with Crippen LogP contribution in [0.25, 0.3) is 21.9 Å². The number of fused-ring (bicyclic) bond motifs is 1. The molecule has 0 unspecified atom stereocenters. The summed E-state index contributed by atoms with van der Waals surface area (Å²) < 4.78 is 0. The Balaban J connectivity index is 1.94. The Hall–Kier alpha value is -3.19. The second-order valence-corrected chi connectivity index (χ2v) is 6.61. The molecule has 4 aromatic carbocycles. The van der Waals surface area contributed by atoms with E-state index in [2.05, 4.69) is 98.8 Å². The molecule has 0 aliphatic carbocycles. The van der Waals surface area contributed by atoms with E-state index in [-0.39, 0.29) is 0 Å². The van der Waals surface area contributed by atoms with E-state index in [0.717, 1.165) is 22.5 Å². The monoisotopic (exact) mass is 335 g/mol. The van der Waals surface area contributed by atoms with Crippen molar-refractivity contribution in [3.05, 3.63) is 102 Å². The van der Waals surface area contributed by atoms with Crippen molar-refractivity contribution >= 4 is 22.2 Å². The van der Waals surface area contributed by atoms with Crippen molar-refractivity contribution in [2.45, 2.75) is 13.8 Å². The van der Waals surface area contributed by atoms with Crippen LogP contribution in [0.1, 0.15) is 18.1 Å². The van der Waals surface area contributed by atoms with Crippen molar-refractivity contribution in [2.24, 2.45) is 4.99 Å². The number of hydrogen-bond donors (Lipinski definition) is 0. The fraction of sp³-hybridized carbons (Fsp3) is 0.0800. The van der Waals surface area contributed by atoms with Crippen LogP contribution in [0.3, 0.4) is 0 Å². The van der Waals surface area contributed by atoms with E-state index in [1.807, 2.05) is 6.07 Å². The Bertz CT molecular complexity index is 1070. The first-order valence-corrected chi connectivity index (χ1v) is 8.92. The van der Waals surface area contributed by atoms with E-state index in [4.69, 9.17) is 4.99 Å². The third kappa shape index (κ3) is 3.16. The van der Waals surface area contributed by atoms with Crippen LogP contribution in [-0.2, 0) is 0 Å². The van der Waals surface area contributed by atoms with Crippen molar-refractivity contribution in [2.75, 3.05) is 0 Å². The number of benzene rings is 4. The number of aryl methyl sites for hydroxylation is 1. The minimum absolute atomic E-state index is 1.03. The smallest absolute Gasteiger partial charge is 0.0789 e. The highest BCUT2D eigenvalue weighted by molar-refractivity contribution is 6.06. The molecule has 4 aromatic rings. The van der Waals surface area contributed by atoms with E-state index >= 15 is 0 Å². The molecule has 0 aromatic heterocycles. The van der Waals surface area contributed by atoms with Crippen LogP contribution in [0.15, 0.2) is 96.0 Å². The van der Waals surface area contributed by atoms with Gasteiger partial charge in [0.1, 0.15) is 0 Å². The molecule has 0 saturated heterocycles. The largest absolute Gasteiger partial charge is 0.252 e. The van der Waals surface area contributed by atoms with Gasteiger partial charge in [-0.25, -0.2) is 0 Å². The molecule has 126 valence electrons. The van der Waals surface area contributed by atoms with Crippen molar-refractivity contribution < 1.29 is 0 Å². The van der Waals surface area contributed by atoms with E-state index in [1.165, 1.54) is 21.9 Å². The first-order chi connectivity index (χ1) is 12.7. The molecule has 0 bridgehead atoms. The van der Waals surface area contributed by atoms with Gasteiger partial charge in [-0.3, -0.25) is 4.99 Å². The van der Waals surface area contributed by atoms with Crippen LogP contribution in [0.2, 0.25) is 0 Å². The molecule has 0 fully saturated rings. The summed E-state index contributed by atoms with van der Waals surface area (Å²) in [5.74, 6) is 0. The quantitative estimate of drug-likeness (QED) is 0.359. The van der Waals surface area contributed by atoms with Crippen LogP contribution in [0, 0.1) is 6.92 Å². The third-order valence-corrected chi connectivity index (χ3v) is 4.73. The lowest BCUT2D eigenvalue weighted by Gasteiger charge is -2.11. The van der Waals surface area contributed by atoms with E-state index < -0.39 is 0 Å². The molecule has 0 amide bonds. The van der Waals surface area contributed by atoms with E-state index in [1.54, 1.807) is 0 Å². The second-order valence-electron chi connectivity index (χ2n) is 6.61. The Labute approximate surface area is 154 Å². The Morgan fingerprint density at radius 3 is 2.15 bits per heavy atom. The van der Waals surface area contributed by atoms with Crippen molar-refractivity contribution in [3.8, 4) is 11.1 Å². The Morgan fingerprint density at radius 1 is 0.692 bits per heavy atom. The van der Waals surface area contributed by atoms with Gasteiger partial charge >= 0.3 is 0 Å². The van der Waals surface area contributed by atoms with Crippen molar-refractivity contribution in [3.63, 3.8) is 0 Å². The number of nitrogens with zero attached hydrogens (tertiary/aromatic N) is 1. The Morgan fingerprint density at radius 2 is 1.38 bits per heavy atom. The van der Waals surface area contributed by atoms with Crippen molar-refractivity contribution in [1.29, 1.82) is 0 Å². The van der Waals surface area contributed by atoms with Crippen LogP contribution in [-0.4, -0.2) is 5.71 Å². The summed E-state index contributed by atoms with van der Waals surface area (Å²) in [5.41, 5.74) is 6.83. The van der Waals surface area contributed by atoms with Crippen LogP contribution >= 0.6 is 0 Å². The van der Waals surface area contributed by atoms with Gasteiger partial charge in [-0.15, -0.1) is 0 Å². The second kappa shape index (κ2) is 6.97. The van der Waals surface area contributed by atoms with E-state index in [9.17, 15) is 0 Å². The highest BCUT2D eigenvalue weighted by Gasteiger charge is 2.10. The lowest BCUT2D eigenvalue weighted by Crippen LogP contribution is -1.94. The molecule has 0 heterocycles. The van der Waals surface area contributed by atoms with Gasteiger partial charge in [0.25, 0.3) is 0 Å². The standard InChI is InChI=1S/C25H21N/c1-18-12-14-20(15-13-18)19(2)26-25-23-11-7-6-10-22(23)16-17-24(25)21-8-4-3-5-9-21/h3-17H,1-2H3/b26-19+. The third-order valence-electron chi connectivity index (χ3n) is 4.73. The summed E-state index contributed by atoms with van der Waals surface area (Å²) >= 11 is 0. The predicted molar refractivity (Wildman–Crippen MR) is 112 cm³/mol. The van der Waals surface area contributed by atoms with Crippen molar-refractivity contribution in [1.82, 2.24) is 0 Å². The molecule has 0 aliphatic rings. The molecule has 0 atom stereocenters. The highest BCUT2D eigenvalue weighted by Crippen LogP contribution is 2.37. The van der Waals surface area contributed by atoms with Gasteiger partial charge in [-0.2, -0.15) is 0 Å². The zero-order valence-electron chi connectivity index (χ0n) is 15.1. The lowest BCUT2D eigenvalue weighted by atomic mass is 9.98. The number of rotatable bonds is 3. The molecule has 26 heavy (non-hydrogen) atoms. The summed E-state index contributed by atoms with van der Waals surface area (Å²) in [6.45, 7) is 4.19. The zero-order valence-corrected chi connectivity index (χ0v) is 15.1. The number of aliphatic imine (C=N–C) groups is 1. The van der Waals surface area contributed by atoms with Gasteiger partial charge in [0.2, 0.25) is 0 Å². The van der Waals surface area contributed by atoms with Gasteiger partial charge in [-0.1, -0.05) is 96.6 Å². The maximum atomic E-state index is 5.08. The highest BCUT2D eigenvalue weighted by atomic mass is 14.8. The van der Waals surface area contributed by atoms with Crippen LogP contribution < -0.4 is 0 Å². The van der Waals surface area contributed by atoms with Gasteiger partial charge < -0.3 is 0 Å². The van der Waals surface area contributed by atoms with Gasteiger partial charge in [0.15, 0.2) is 0 Å². The zero-order chi connectivity index (χ0) is 17.9. The van der Waals surface area contributed by atoms with Gasteiger partial charge in [0.05, 0.1) is 5.69 Å². The molecular weight excluding hydrogens is 314 g/mol.